The molecule has 25 heavy (non-hydrogen) atoms. The molecule has 0 amide bonds. The van der Waals surface area contributed by atoms with Crippen molar-refractivity contribution in [2.75, 3.05) is 32.6 Å². The summed E-state index contributed by atoms with van der Waals surface area (Å²) in [5, 5.41) is 6.62. The quantitative estimate of drug-likeness (QED) is 0.626. The van der Waals surface area contributed by atoms with Gasteiger partial charge in [-0.3, -0.25) is 4.99 Å². The van der Waals surface area contributed by atoms with Crippen molar-refractivity contribution in [3.63, 3.8) is 0 Å². The summed E-state index contributed by atoms with van der Waals surface area (Å²) in [5.41, 5.74) is 4.79. The maximum atomic E-state index is 12.9. The fraction of sp³-hybridized carbons (Fsp3) is 0.350. The van der Waals surface area contributed by atoms with E-state index in [-0.39, 0.29) is 5.82 Å². The molecule has 134 valence electrons. The van der Waals surface area contributed by atoms with Gasteiger partial charge in [-0.05, 0) is 54.3 Å². The zero-order valence-corrected chi connectivity index (χ0v) is 15.4. The van der Waals surface area contributed by atoms with Gasteiger partial charge < -0.3 is 15.5 Å². The summed E-state index contributed by atoms with van der Waals surface area (Å²) in [4.78, 5) is 6.35. The zero-order valence-electron chi connectivity index (χ0n) is 15.4. The van der Waals surface area contributed by atoms with Gasteiger partial charge in [0.1, 0.15) is 5.82 Å². The molecule has 4 nitrogen and oxygen atoms in total. The Morgan fingerprint density at radius 2 is 1.80 bits per heavy atom. The van der Waals surface area contributed by atoms with Crippen molar-refractivity contribution in [2.24, 2.45) is 4.99 Å². The second-order valence-corrected chi connectivity index (χ2v) is 6.23. The number of hydrogen-bond acceptors (Lipinski definition) is 2. The SMILES string of the molecule is CN=C(NCCc1ccc(F)cc1)NCc1ccc(N(C)C)cc1C. The Bertz CT molecular complexity index is 708. The molecule has 0 spiro atoms. The van der Waals surface area contributed by atoms with Crippen molar-refractivity contribution in [2.45, 2.75) is 19.9 Å². The molecule has 5 heteroatoms. The van der Waals surface area contributed by atoms with Crippen LogP contribution in [0.1, 0.15) is 16.7 Å². The first-order valence-electron chi connectivity index (χ1n) is 8.45. The van der Waals surface area contributed by atoms with Gasteiger partial charge in [0.15, 0.2) is 5.96 Å². The average molecular weight is 342 g/mol. The molecule has 0 atom stereocenters. The molecule has 0 radical (unpaired) electrons. The molecule has 0 aliphatic rings. The van der Waals surface area contributed by atoms with Gasteiger partial charge in [-0.1, -0.05) is 18.2 Å². The predicted octanol–water partition coefficient (Wildman–Crippen LogP) is 3.11. The third kappa shape index (κ3) is 5.78. The molecule has 2 rings (SSSR count). The lowest BCUT2D eigenvalue weighted by molar-refractivity contribution is 0.626. The van der Waals surface area contributed by atoms with Crippen LogP contribution >= 0.6 is 0 Å². The van der Waals surface area contributed by atoms with Crippen LogP contribution in [0.3, 0.4) is 0 Å². The highest BCUT2D eigenvalue weighted by Crippen LogP contribution is 2.17. The van der Waals surface area contributed by atoms with E-state index in [1.807, 2.05) is 26.2 Å². The molecule has 0 aromatic heterocycles. The molecule has 0 saturated carbocycles. The van der Waals surface area contributed by atoms with Crippen LogP contribution in [0.25, 0.3) is 0 Å². The molecular weight excluding hydrogens is 315 g/mol. The largest absolute Gasteiger partial charge is 0.378 e. The maximum absolute atomic E-state index is 12.9. The number of aliphatic imine (C=N–C) groups is 1. The fourth-order valence-electron chi connectivity index (χ4n) is 2.53. The van der Waals surface area contributed by atoms with Crippen molar-refractivity contribution in [1.29, 1.82) is 0 Å². The van der Waals surface area contributed by atoms with E-state index < -0.39 is 0 Å². The standard InChI is InChI=1S/C20H27FN4/c1-15-13-19(25(3)4)10-7-17(15)14-24-20(22-2)23-12-11-16-5-8-18(21)9-6-16/h5-10,13H,11-12,14H2,1-4H3,(H2,22,23,24). The summed E-state index contributed by atoms with van der Waals surface area (Å²) in [6.45, 7) is 3.58. The van der Waals surface area contributed by atoms with Crippen molar-refractivity contribution in [1.82, 2.24) is 10.6 Å². The van der Waals surface area contributed by atoms with Crippen LogP contribution in [0.15, 0.2) is 47.5 Å². The molecule has 2 aromatic rings. The van der Waals surface area contributed by atoms with E-state index in [0.29, 0.717) is 0 Å². The highest BCUT2D eigenvalue weighted by Gasteiger charge is 2.04. The summed E-state index contributed by atoms with van der Waals surface area (Å²) >= 11 is 0. The number of anilines is 1. The minimum absolute atomic E-state index is 0.204. The number of hydrogen-bond donors (Lipinski definition) is 2. The maximum Gasteiger partial charge on any atom is 0.191 e. The lowest BCUT2D eigenvalue weighted by atomic mass is 10.1. The van der Waals surface area contributed by atoms with Gasteiger partial charge in [0, 0.05) is 39.9 Å². The molecule has 0 bridgehead atoms. The summed E-state index contributed by atoms with van der Waals surface area (Å²) < 4.78 is 12.9. The molecule has 0 unspecified atom stereocenters. The first-order valence-corrected chi connectivity index (χ1v) is 8.45. The van der Waals surface area contributed by atoms with E-state index in [1.165, 1.54) is 28.9 Å². The van der Waals surface area contributed by atoms with E-state index in [1.54, 1.807) is 7.05 Å². The predicted molar refractivity (Wildman–Crippen MR) is 104 cm³/mol. The lowest BCUT2D eigenvalue weighted by Gasteiger charge is -2.16. The number of aryl methyl sites for hydroxylation is 1. The topological polar surface area (TPSA) is 39.7 Å². The van der Waals surface area contributed by atoms with Crippen LogP contribution < -0.4 is 15.5 Å². The highest BCUT2D eigenvalue weighted by molar-refractivity contribution is 5.79. The number of nitrogens with zero attached hydrogens (tertiary/aromatic N) is 2. The van der Waals surface area contributed by atoms with Crippen LogP contribution in [0.5, 0.6) is 0 Å². The van der Waals surface area contributed by atoms with Crippen LogP contribution in [0, 0.1) is 12.7 Å². The van der Waals surface area contributed by atoms with Crippen LogP contribution in [0.4, 0.5) is 10.1 Å². The second-order valence-electron chi connectivity index (χ2n) is 6.23. The van der Waals surface area contributed by atoms with Gasteiger partial charge in [-0.25, -0.2) is 4.39 Å². The first kappa shape index (κ1) is 18.8. The minimum atomic E-state index is -0.204. The van der Waals surface area contributed by atoms with Crippen LogP contribution in [-0.4, -0.2) is 33.6 Å². The minimum Gasteiger partial charge on any atom is -0.378 e. The van der Waals surface area contributed by atoms with E-state index in [0.717, 1.165) is 31.0 Å². The number of nitrogens with one attached hydrogen (secondary N) is 2. The number of rotatable bonds is 6. The monoisotopic (exact) mass is 342 g/mol. The Balaban J connectivity index is 1.83. The van der Waals surface area contributed by atoms with E-state index in [2.05, 4.69) is 45.6 Å². The third-order valence-electron chi connectivity index (χ3n) is 4.13. The Labute approximate surface area is 149 Å². The Morgan fingerprint density at radius 3 is 2.40 bits per heavy atom. The molecule has 2 aromatic carbocycles. The second kappa shape index (κ2) is 9.06. The van der Waals surface area contributed by atoms with E-state index >= 15 is 0 Å². The summed E-state index contributed by atoms with van der Waals surface area (Å²) in [6.07, 6.45) is 0.817. The zero-order chi connectivity index (χ0) is 18.2. The number of halogens is 1. The third-order valence-corrected chi connectivity index (χ3v) is 4.13. The average Bonchev–Trinajstić information content (AvgIpc) is 2.60. The summed E-state index contributed by atoms with van der Waals surface area (Å²) in [6, 6.07) is 13.0. The van der Waals surface area contributed by atoms with E-state index in [9.17, 15) is 4.39 Å². The molecule has 0 aliphatic carbocycles. The molecule has 0 heterocycles. The number of benzene rings is 2. The lowest BCUT2D eigenvalue weighted by Crippen LogP contribution is -2.38. The molecule has 2 N–H and O–H groups in total. The molecule has 0 aliphatic heterocycles. The van der Waals surface area contributed by atoms with Crippen molar-refractivity contribution in [3.8, 4) is 0 Å². The van der Waals surface area contributed by atoms with Crippen molar-refractivity contribution in [3.05, 3.63) is 65.0 Å². The molecular formula is C20H27FN4. The Morgan fingerprint density at radius 1 is 1.08 bits per heavy atom. The molecule has 0 fully saturated rings. The molecule has 0 saturated heterocycles. The Kier molecular flexibility index (Phi) is 6.81. The van der Waals surface area contributed by atoms with Crippen molar-refractivity contribution >= 4 is 11.6 Å². The van der Waals surface area contributed by atoms with Gasteiger partial charge in [-0.15, -0.1) is 0 Å². The normalized spacial score (nSPS) is 11.3. The first-order chi connectivity index (χ1) is 12.0. The van der Waals surface area contributed by atoms with E-state index in [4.69, 9.17) is 0 Å². The summed E-state index contributed by atoms with van der Waals surface area (Å²) in [5.74, 6) is 0.558. The number of guanidine groups is 1. The fourth-order valence-corrected chi connectivity index (χ4v) is 2.53. The summed E-state index contributed by atoms with van der Waals surface area (Å²) in [7, 11) is 5.84. The van der Waals surface area contributed by atoms with Crippen molar-refractivity contribution < 1.29 is 4.39 Å². The van der Waals surface area contributed by atoms with Crippen LogP contribution in [-0.2, 0) is 13.0 Å². The van der Waals surface area contributed by atoms with Gasteiger partial charge in [0.25, 0.3) is 0 Å². The van der Waals surface area contributed by atoms with Gasteiger partial charge >= 0.3 is 0 Å². The van der Waals surface area contributed by atoms with Gasteiger partial charge in [0.2, 0.25) is 0 Å². The highest BCUT2D eigenvalue weighted by atomic mass is 19.1. The van der Waals surface area contributed by atoms with Crippen LogP contribution in [0.2, 0.25) is 0 Å². The Hall–Kier alpha value is -2.56. The van der Waals surface area contributed by atoms with Gasteiger partial charge in [-0.2, -0.15) is 0 Å². The smallest absolute Gasteiger partial charge is 0.191 e. The van der Waals surface area contributed by atoms with Gasteiger partial charge in [0.05, 0.1) is 0 Å².